The number of rotatable bonds is 42. The number of carboxylic acid groups (broad SMARTS) is 1. The maximum atomic E-state index is 12.3. The van der Waals surface area contributed by atoms with Gasteiger partial charge in [0, 0.05) is 12.8 Å². The lowest BCUT2D eigenvalue weighted by atomic mass is 10.0. The molecule has 0 fully saturated rings. The van der Waals surface area contributed by atoms with Crippen LogP contribution in [0, 0.1) is 0 Å². The molecule has 0 rings (SSSR count). The zero-order valence-electron chi connectivity index (χ0n) is 35.4. The molecule has 0 aromatic heterocycles. The molecule has 0 saturated heterocycles. The van der Waals surface area contributed by atoms with Crippen LogP contribution in [0.5, 0.6) is 0 Å². The number of esters is 1. The Morgan fingerprint density at radius 3 is 1.48 bits per heavy atom. The Labute approximate surface area is 340 Å². The van der Waals surface area contributed by atoms with Crippen molar-refractivity contribution >= 4 is 25.7 Å². The molecule has 0 aliphatic rings. The molecule has 1 amide bonds. The first-order chi connectivity index (χ1) is 27.1. The fourth-order valence-corrected chi connectivity index (χ4v) is 7.00. The number of aliphatic carboxylic acids is 1. The second kappa shape index (κ2) is 39.8. The molecule has 0 aromatic rings. The van der Waals surface area contributed by atoms with Gasteiger partial charge >= 0.3 is 19.8 Å². The Bertz CT molecular complexity index is 1050. The Hall–Kier alpha value is -2.04. The molecule has 56 heavy (non-hydrogen) atoms. The zero-order chi connectivity index (χ0) is 41.4. The SMILES string of the molecule is CCCCC/C=C\C/C=C\CCCCCCCC(=O)NC(COP(=O)(O)OCC(O)COC(=O)CCCCCCCCCCCCCCCCCCC)C(=O)O. The molecule has 0 aliphatic carbocycles. The van der Waals surface area contributed by atoms with Crippen LogP contribution in [0.4, 0.5) is 0 Å². The summed E-state index contributed by atoms with van der Waals surface area (Å²) < 4.78 is 26.8. The van der Waals surface area contributed by atoms with E-state index in [4.69, 9.17) is 13.8 Å². The standard InChI is InChI=1S/C44H82NO10P/c1-3-5-7-9-11-13-15-17-19-20-22-24-26-28-30-32-34-36-43(48)53-37-40(46)38-54-56(51,52)55-39-41(44(49)50)45-42(47)35-33-31-29-27-25-23-21-18-16-14-12-10-8-6-4-2/h12,14,18,21,40-41,46H,3-11,13,15-17,19-20,22-39H2,1-2H3,(H,45,47)(H,49,50)(H,51,52)/b14-12-,21-18-. The number of carbonyl (C=O) groups is 3. The van der Waals surface area contributed by atoms with Crippen LogP contribution in [0.25, 0.3) is 0 Å². The highest BCUT2D eigenvalue weighted by atomic mass is 31.2. The van der Waals surface area contributed by atoms with Crippen LogP contribution < -0.4 is 5.32 Å². The largest absolute Gasteiger partial charge is 0.480 e. The van der Waals surface area contributed by atoms with Gasteiger partial charge in [0.2, 0.25) is 5.91 Å². The highest BCUT2D eigenvalue weighted by molar-refractivity contribution is 7.47. The van der Waals surface area contributed by atoms with E-state index in [1.807, 2.05) is 0 Å². The van der Waals surface area contributed by atoms with Crippen molar-refractivity contribution in [2.24, 2.45) is 0 Å². The summed E-state index contributed by atoms with van der Waals surface area (Å²) in [4.78, 5) is 45.9. The van der Waals surface area contributed by atoms with E-state index in [9.17, 15) is 34.1 Å². The molecule has 0 spiro atoms. The van der Waals surface area contributed by atoms with Gasteiger partial charge in [0.1, 0.15) is 12.7 Å². The summed E-state index contributed by atoms with van der Waals surface area (Å²) in [5.74, 6) is -2.38. The van der Waals surface area contributed by atoms with Gasteiger partial charge in [0.15, 0.2) is 6.04 Å². The fraction of sp³-hybridized carbons (Fsp3) is 0.841. The van der Waals surface area contributed by atoms with Crippen molar-refractivity contribution in [2.45, 2.75) is 219 Å². The van der Waals surface area contributed by atoms with Crippen LogP contribution in [0.1, 0.15) is 206 Å². The summed E-state index contributed by atoms with van der Waals surface area (Å²) in [7, 11) is -4.76. The number of phosphoric ester groups is 1. The lowest BCUT2D eigenvalue weighted by Gasteiger charge is -2.18. The first-order valence-electron chi connectivity index (χ1n) is 22.4. The third kappa shape index (κ3) is 38.8. The van der Waals surface area contributed by atoms with Gasteiger partial charge < -0.3 is 25.2 Å². The van der Waals surface area contributed by atoms with E-state index in [2.05, 4.69) is 43.5 Å². The minimum absolute atomic E-state index is 0.131. The van der Waals surface area contributed by atoms with Gasteiger partial charge in [-0.05, 0) is 44.9 Å². The van der Waals surface area contributed by atoms with Crippen molar-refractivity contribution in [3.63, 3.8) is 0 Å². The minimum Gasteiger partial charge on any atom is -0.480 e. The van der Waals surface area contributed by atoms with E-state index in [0.717, 1.165) is 64.2 Å². The number of amides is 1. The number of ether oxygens (including phenoxy) is 1. The first-order valence-corrected chi connectivity index (χ1v) is 23.9. The quantitative estimate of drug-likeness (QED) is 0.0201. The van der Waals surface area contributed by atoms with Gasteiger partial charge in [0.25, 0.3) is 0 Å². The summed E-state index contributed by atoms with van der Waals surface area (Å²) in [5, 5.41) is 21.8. The molecule has 3 atom stereocenters. The molecule has 0 radical (unpaired) electrons. The van der Waals surface area contributed by atoms with Gasteiger partial charge in [-0.15, -0.1) is 0 Å². The van der Waals surface area contributed by atoms with Gasteiger partial charge in [-0.3, -0.25) is 18.6 Å². The van der Waals surface area contributed by atoms with E-state index < -0.39 is 57.6 Å². The van der Waals surface area contributed by atoms with E-state index in [-0.39, 0.29) is 12.8 Å². The number of unbranched alkanes of at least 4 members (excludes halogenated alkanes) is 24. The highest BCUT2D eigenvalue weighted by Gasteiger charge is 2.28. The first kappa shape index (κ1) is 54.0. The summed E-state index contributed by atoms with van der Waals surface area (Å²) >= 11 is 0. The van der Waals surface area contributed by atoms with Gasteiger partial charge in [-0.2, -0.15) is 0 Å². The summed E-state index contributed by atoms with van der Waals surface area (Å²) in [5.41, 5.74) is 0. The lowest BCUT2D eigenvalue weighted by molar-refractivity contribution is -0.147. The Kier molecular flexibility index (Phi) is 38.3. The molecule has 328 valence electrons. The van der Waals surface area contributed by atoms with E-state index in [1.54, 1.807) is 0 Å². The number of carbonyl (C=O) groups excluding carboxylic acids is 2. The number of phosphoric acid groups is 1. The molecule has 0 bridgehead atoms. The topological polar surface area (TPSA) is 169 Å². The molecule has 4 N–H and O–H groups in total. The molecule has 0 aromatic carbocycles. The maximum Gasteiger partial charge on any atom is 0.472 e. The number of hydrogen-bond acceptors (Lipinski definition) is 8. The fourth-order valence-electron chi connectivity index (χ4n) is 6.23. The Morgan fingerprint density at radius 1 is 0.571 bits per heavy atom. The number of nitrogens with one attached hydrogen (secondary N) is 1. The van der Waals surface area contributed by atoms with Crippen LogP contribution in [0.3, 0.4) is 0 Å². The highest BCUT2D eigenvalue weighted by Crippen LogP contribution is 2.43. The van der Waals surface area contributed by atoms with Crippen LogP contribution in [0.2, 0.25) is 0 Å². The van der Waals surface area contributed by atoms with Gasteiger partial charge in [-0.25, -0.2) is 9.36 Å². The van der Waals surface area contributed by atoms with Crippen LogP contribution in [0.15, 0.2) is 24.3 Å². The molecule has 11 nitrogen and oxygen atoms in total. The average Bonchev–Trinajstić information content (AvgIpc) is 3.17. The molecule has 0 saturated carbocycles. The summed E-state index contributed by atoms with van der Waals surface area (Å²) in [6.07, 6.45) is 40.5. The van der Waals surface area contributed by atoms with Crippen LogP contribution >= 0.6 is 7.82 Å². The molecule has 3 unspecified atom stereocenters. The van der Waals surface area contributed by atoms with Crippen LogP contribution in [-0.4, -0.2) is 64.9 Å². The summed E-state index contributed by atoms with van der Waals surface area (Å²) in [6.45, 7) is 2.57. The lowest BCUT2D eigenvalue weighted by Crippen LogP contribution is -2.43. The minimum atomic E-state index is -4.76. The Balaban J connectivity index is 3.89. The molecular weight excluding hydrogens is 733 g/mol. The van der Waals surface area contributed by atoms with E-state index in [0.29, 0.717) is 12.8 Å². The monoisotopic (exact) mass is 816 g/mol. The second-order valence-electron chi connectivity index (χ2n) is 15.2. The van der Waals surface area contributed by atoms with Crippen LogP contribution in [-0.2, 0) is 32.7 Å². The second-order valence-corrected chi connectivity index (χ2v) is 16.7. The van der Waals surface area contributed by atoms with Crippen molar-refractivity contribution in [1.29, 1.82) is 0 Å². The average molecular weight is 816 g/mol. The number of aliphatic hydroxyl groups excluding tert-OH is 1. The molecular formula is C44H82NO10P. The van der Waals surface area contributed by atoms with Crippen molar-refractivity contribution < 1.29 is 47.8 Å². The van der Waals surface area contributed by atoms with Crippen molar-refractivity contribution in [2.75, 3.05) is 19.8 Å². The van der Waals surface area contributed by atoms with Gasteiger partial charge in [-0.1, -0.05) is 173 Å². The number of allylic oxidation sites excluding steroid dienone is 4. The molecule has 0 aliphatic heterocycles. The molecule has 12 heteroatoms. The predicted molar refractivity (Wildman–Crippen MR) is 226 cm³/mol. The zero-order valence-corrected chi connectivity index (χ0v) is 36.3. The molecule has 0 heterocycles. The predicted octanol–water partition coefficient (Wildman–Crippen LogP) is 11.4. The number of hydrogen-bond donors (Lipinski definition) is 4. The van der Waals surface area contributed by atoms with Crippen molar-refractivity contribution in [3.05, 3.63) is 24.3 Å². The third-order valence-electron chi connectivity index (χ3n) is 9.74. The van der Waals surface area contributed by atoms with Crippen molar-refractivity contribution in [1.82, 2.24) is 5.32 Å². The Morgan fingerprint density at radius 2 is 0.982 bits per heavy atom. The maximum absolute atomic E-state index is 12.3. The van der Waals surface area contributed by atoms with Crippen molar-refractivity contribution in [3.8, 4) is 0 Å². The third-order valence-corrected chi connectivity index (χ3v) is 10.7. The van der Waals surface area contributed by atoms with E-state index >= 15 is 0 Å². The normalized spacial score (nSPS) is 13.9. The summed E-state index contributed by atoms with van der Waals surface area (Å²) in [6, 6.07) is -1.55. The number of carboxylic acids is 1. The smallest absolute Gasteiger partial charge is 0.472 e. The van der Waals surface area contributed by atoms with Gasteiger partial charge in [0.05, 0.1) is 13.2 Å². The van der Waals surface area contributed by atoms with E-state index in [1.165, 1.54) is 103 Å². The number of aliphatic hydroxyl groups is 1.